The maximum Gasteiger partial charge on any atom is 0.261 e. The molecule has 7 heteroatoms. The number of amides is 1. The smallest absolute Gasteiger partial charge is 0.261 e. The van der Waals surface area contributed by atoms with Crippen molar-refractivity contribution < 1.29 is 13.2 Å². The second-order valence-corrected chi connectivity index (χ2v) is 9.14. The molecule has 1 N–H and O–H groups in total. The molecule has 4 nitrogen and oxygen atoms in total. The first-order valence-corrected chi connectivity index (χ1v) is 10.2. The van der Waals surface area contributed by atoms with E-state index in [1.807, 2.05) is 30.3 Å². The van der Waals surface area contributed by atoms with Gasteiger partial charge >= 0.3 is 0 Å². The molecule has 0 fully saturated rings. The van der Waals surface area contributed by atoms with Crippen LogP contribution in [0.4, 0.5) is 0 Å². The second kappa shape index (κ2) is 7.39. The number of rotatable bonds is 6. The highest BCUT2D eigenvalue weighted by Crippen LogP contribution is 2.29. The molecular weight excluding hydrogens is 386 g/mol. The highest BCUT2D eigenvalue weighted by atomic mass is 79.9. The van der Waals surface area contributed by atoms with Gasteiger partial charge in [-0.25, -0.2) is 8.42 Å². The van der Waals surface area contributed by atoms with E-state index in [0.29, 0.717) is 4.88 Å². The molecule has 118 valence electrons. The van der Waals surface area contributed by atoms with Crippen LogP contribution < -0.4 is 5.32 Å². The summed E-state index contributed by atoms with van der Waals surface area (Å²) in [4.78, 5) is 13.6. The van der Waals surface area contributed by atoms with Crippen LogP contribution in [-0.4, -0.2) is 32.4 Å². The van der Waals surface area contributed by atoms with E-state index in [4.69, 9.17) is 0 Å². The number of hydrogen-bond donors (Lipinski definition) is 1. The normalized spacial score (nSPS) is 11.4. The van der Waals surface area contributed by atoms with Crippen LogP contribution in [0.1, 0.15) is 16.6 Å². The SMILES string of the molecule is CCS(=O)(=O)CCNC(=O)c1ccc(-c2ccc(Br)cc2)s1. The monoisotopic (exact) mass is 401 g/mol. The molecule has 1 amide bonds. The summed E-state index contributed by atoms with van der Waals surface area (Å²) in [6.45, 7) is 1.74. The third-order valence-electron chi connectivity index (χ3n) is 3.10. The summed E-state index contributed by atoms with van der Waals surface area (Å²) in [5.74, 6) is -0.171. The van der Waals surface area contributed by atoms with Gasteiger partial charge < -0.3 is 5.32 Å². The third kappa shape index (κ3) is 4.66. The molecule has 0 aliphatic heterocycles. The van der Waals surface area contributed by atoms with Crippen molar-refractivity contribution in [1.82, 2.24) is 5.32 Å². The van der Waals surface area contributed by atoms with Gasteiger partial charge in [-0.2, -0.15) is 0 Å². The summed E-state index contributed by atoms with van der Waals surface area (Å²) in [6.07, 6.45) is 0. The first kappa shape index (κ1) is 17.2. The van der Waals surface area contributed by atoms with Crippen LogP contribution in [0.25, 0.3) is 10.4 Å². The molecule has 0 unspecified atom stereocenters. The topological polar surface area (TPSA) is 63.2 Å². The number of halogens is 1. The Kier molecular flexibility index (Phi) is 5.77. The minimum Gasteiger partial charge on any atom is -0.350 e. The van der Waals surface area contributed by atoms with E-state index < -0.39 is 9.84 Å². The molecule has 1 aromatic carbocycles. The molecule has 0 aliphatic carbocycles. The first-order valence-electron chi connectivity index (χ1n) is 6.75. The van der Waals surface area contributed by atoms with Gasteiger partial charge in [-0.15, -0.1) is 11.3 Å². The number of carbonyl (C=O) groups excluding carboxylic acids is 1. The van der Waals surface area contributed by atoms with E-state index in [2.05, 4.69) is 21.2 Å². The number of nitrogens with one attached hydrogen (secondary N) is 1. The van der Waals surface area contributed by atoms with Crippen molar-refractivity contribution in [2.75, 3.05) is 18.1 Å². The van der Waals surface area contributed by atoms with Gasteiger partial charge in [-0.3, -0.25) is 4.79 Å². The fourth-order valence-corrected chi connectivity index (χ4v) is 3.67. The molecule has 2 aromatic rings. The lowest BCUT2D eigenvalue weighted by molar-refractivity contribution is 0.0960. The van der Waals surface area contributed by atoms with Gasteiger partial charge in [0.05, 0.1) is 10.6 Å². The van der Waals surface area contributed by atoms with E-state index in [-0.39, 0.29) is 24.0 Å². The zero-order valence-electron chi connectivity index (χ0n) is 12.0. The van der Waals surface area contributed by atoms with E-state index in [9.17, 15) is 13.2 Å². The Morgan fingerprint density at radius 3 is 2.50 bits per heavy atom. The molecule has 0 saturated heterocycles. The molecule has 2 rings (SSSR count). The predicted octanol–water partition coefficient (Wildman–Crippen LogP) is 3.34. The fraction of sp³-hybridized carbons (Fsp3) is 0.267. The van der Waals surface area contributed by atoms with Gasteiger partial charge in [0, 0.05) is 21.6 Å². The Bertz CT molecular complexity index is 751. The minimum atomic E-state index is -3.05. The van der Waals surface area contributed by atoms with Crippen LogP contribution in [0.3, 0.4) is 0 Å². The van der Waals surface area contributed by atoms with Crippen LogP contribution in [0.2, 0.25) is 0 Å². The molecule has 1 heterocycles. The molecule has 22 heavy (non-hydrogen) atoms. The average molecular weight is 402 g/mol. The number of benzene rings is 1. The van der Waals surface area contributed by atoms with Gasteiger partial charge in [0.25, 0.3) is 5.91 Å². The molecule has 0 saturated carbocycles. The summed E-state index contributed by atoms with van der Waals surface area (Å²) >= 11 is 4.77. The molecule has 0 atom stereocenters. The highest BCUT2D eigenvalue weighted by Gasteiger charge is 2.12. The van der Waals surface area contributed by atoms with Crippen LogP contribution in [0, 0.1) is 0 Å². The molecule has 0 radical (unpaired) electrons. The van der Waals surface area contributed by atoms with E-state index in [1.165, 1.54) is 11.3 Å². The van der Waals surface area contributed by atoms with E-state index in [1.54, 1.807) is 13.0 Å². The van der Waals surface area contributed by atoms with Gasteiger partial charge in [-0.05, 0) is 29.8 Å². The van der Waals surface area contributed by atoms with Gasteiger partial charge in [0.1, 0.15) is 0 Å². The van der Waals surface area contributed by atoms with Crippen molar-refractivity contribution in [2.24, 2.45) is 0 Å². The molecule has 0 bridgehead atoms. The number of thiophene rings is 1. The summed E-state index contributed by atoms with van der Waals surface area (Å²) in [5, 5.41) is 2.65. The lowest BCUT2D eigenvalue weighted by atomic mass is 10.2. The summed E-state index contributed by atoms with van der Waals surface area (Å²) < 4.78 is 23.8. The largest absolute Gasteiger partial charge is 0.350 e. The van der Waals surface area contributed by atoms with Crippen molar-refractivity contribution in [3.05, 3.63) is 45.7 Å². The Morgan fingerprint density at radius 1 is 1.18 bits per heavy atom. The van der Waals surface area contributed by atoms with Crippen LogP contribution in [-0.2, 0) is 9.84 Å². The van der Waals surface area contributed by atoms with Crippen molar-refractivity contribution >= 4 is 43.0 Å². The lowest BCUT2D eigenvalue weighted by Gasteiger charge is -2.03. The van der Waals surface area contributed by atoms with Crippen LogP contribution in [0.5, 0.6) is 0 Å². The van der Waals surface area contributed by atoms with Crippen molar-refractivity contribution in [2.45, 2.75) is 6.92 Å². The quantitative estimate of drug-likeness (QED) is 0.806. The highest BCUT2D eigenvalue weighted by molar-refractivity contribution is 9.10. The standard InChI is InChI=1S/C15H16BrNO3S2/c1-2-22(19,20)10-9-17-15(18)14-8-7-13(21-14)11-3-5-12(16)6-4-11/h3-8H,2,9-10H2,1H3,(H,17,18). The zero-order valence-corrected chi connectivity index (χ0v) is 15.2. The lowest BCUT2D eigenvalue weighted by Crippen LogP contribution is -2.29. The fourth-order valence-electron chi connectivity index (χ4n) is 1.78. The zero-order chi connectivity index (χ0) is 16.2. The van der Waals surface area contributed by atoms with Crippen LogP contribution >= 0.6 is 27.3 Å². The summed E-state index contributed by atoms with van der Waals surface area (Å²) in [6, 6.07) is 11.5. The minimum absolute atomic E-state index is 0.0276. The van der Waals surface area contributed by atoms with Crippen LogP contribution in [0.15, 0.2) is 40.9 Å². The van der Waals surface area contributed by atoms with Gasteiger partial charge in [0.2, 0.25) is 0 Å². The number of sulfone groups is 1. The maximum absolute atomic E-state index is 12.0. The second-order valence-electron chi connectivity index (χ2n) is 4.66. The summed E-state index contributed by atoms with van der Waals surface area (Å²) in [5.41, 5.74) is 1.04. The van der Waals surface area contributed by atoms with Crippen molar-refractivity contribution in [3.63, 3.8) is 0 Å². The Labute approximate surface area is 142 Å². The molecule has 1 aromatic heterocycles. The van der Waals surface area contributed by atoms with E-state index in [0.717, 1.165) is 14.9 Å². The predicted molar refractivity (Wildman–Crippen MR) is 94.1 cm³/mol. The number of carbonyl (C=O) groups is 1. The third-order valence-corrected chi connectivity index (χ3v) is 6.46. The maximum atomic E-state index is 12.0. The van der Waals surface area contributed by atoms with Crippen molar-refractivity contribution in [1.29, 1.82) is 0 Å². The first-order chi connectivity index (χ1) is 10.4. The summed E-state index contributed by atoms with van der Waals surface area (Å²) in [7, 11) is -3.05. The van der Waals surface area contributed by atoms with Gasteiger partial charge in [0.15, 0.2) is 9.84 Å². The van der Waals surface area contributed by atoms with Gasteiger partial charge in [-0.1, -0.05) is 35.0 Å². The Morgan fingerprint density at radius 2 is 1.86 bits per heavy atom. The Balaban J connectivity index is 1.99. The average Bonchev–Trinajstić information content (AvgIpc) is 2.97. The van der Waals surface area contributed by atoms with Crippen molar-refractivity contribution in [3.8, 4) is 10.4 Å². The molecular formula is C15H16BrNO3S2. The van der Waals surface area contributed by atoms with E-state index >= 15 is 0 Å². The number of hydrogen-bond acceptors (Lipinski definition) is 4. The molecule has 0 spiro atoms. The molecule has 0 aliphatic rings. The Hall–Kier alpha value is -1.18.